The van der Waals surface area contributed by atoms with Gasteiger partial charge in [-0.2, -0.15) is 0 Å². The van der Waals surface area contributed by atoms with E-state index in [1.165, 1.54) is 24.9 Å². The molecule has 0 saturated carbocycles. The molecule has 0 aliphatic carbocycles. The third kappa shape index (κ3) is 3.24. The molecule has 1 atom stereocenters. The molecule has 88 valence electrons. The van der Waals surface area contributed by atoms with E-state index >= 15 is 0 Å². The zero-order valence-corrected chi connectivity index (χ0v) is 10.0. The summed E-state index contributed by atoms with van der Waals surface area (Å²) < 4.78 is 5.56. The lowest BCUT2D eigenvalue weighted by Crippen LogP contribution is -2.23. The molecule has 2 rings (SSSR count). The molecule has 0 bridgehead atoms. The van der Waals surface area contributed by atoms with E-state index in [0.29, 0.717) is 6.04 Å². The summed E-state index contributed by atoms with van der Waals surface area (Å²) in [5.41, 5.74) is 1.41. The Labute approximate surface area is 98.0 Å². The van der Waals surface area contributed by atoms with Gasteiger partial charge in [-0.1, -0.05) is 19.1 Å². The van der Waals surface area contributed by atoms with Crippen LogP contribution >= 0.6 is 0 Å². The third-order valence-electron chi connectivity index (χ3n) is 3.04. The van der Waals surface area contributed by atoms with Gasteiger partial charge in [0.1, 0.15) is 5.75 Å². The SMILES string of the molecule is CCCOc1ccc(CC2CCCN2)cc1. The molecule has 1 saturated heterocycles. The van der Waals surface area contributed by atoms with Gasteiger partial charge in [0.05, 0.1) is 6.61 Å². The van der Waals surface area contributed by atoms with Crippen LogP contribution in [0.5, 0.6) is 5.75 Å². The van der Waals surface area contributed by atoms with E-state index < -0.39 is 0 Å². The molecular weight excluding hydrogens is 198 g/mol. The van der Waals surface area contributed by atoms with E-state index in [1.807, 2.05) is 0 Å². The van der Waals surface area contributed by atoms with Crippen molar-refractivity contribution in [3.05, 3.63) is 29.8 Å². The van der Waals surface area contributed by atoms with Crippen molar-refractivity contribution in [3.8, 4) is 5.75 Å². The van der Waals surface area contributed by atoms with Crippen molar-refractivity contribution in [2.24, 2.45) is 0 Å². The second kappa shape index (κ2) is 5.90. The number of ether oxygens (including phenoxy) is 1. The van der Waals surface area contributed by atoms with E-state index in [0.717, 1.165) is 25.2 Å². The first-order chi connectivity index (χ1) is 7.88. The summed E-state index contributed by atoms with van der Waals surface area (Å²) in [7, 11) is 0. The van der Waals surface area contributed by atoms with Crippen LogP contribution in [0.25, 0.3) is 0 Å². The van der Waals surface area contributed by atoms with Crippen LogP contribution in [0.4, 0.5) is 0 Å². The Bertz CT molecular complexity index is 301. The minimum absolute atomic E-state index is 0.683. The van der Waals surface area contributed by atoms with Crippen LogP contribution in [0.2, 0.25) is 0 Å². The van der Waals surface area contributed by atoms with Gasteiger partial charge in [0, 0.05) is 6.04 Å². The summed E-state index contributed by atoms with van der Waals surface area (Å²) in [5.74, 6) is 0.991. The highest BCUT2D eigenvalue weighted by Crippen LogP contribution is 2.16. The fourth-order valence-corrected chi connectivity index (χ4v) is 2.16. The molecule has 1 aliphatic heterocycles. The smallest absolute Gasteiger partial charge is 0.119 e. The summed E-state index contributed by atoms with van der Waals surface area (Å²) in [6.07, 6.45) is 4.85. The highest BCUT2D eigenvalue weighted by molar-refractivity contribution is 5.27. The maximum Gasteiger partial charge on any atom is 0.119 e. The van der Waals surface area contributed by atoms with Crippen molar-refractivity contribution in [2.75, 3.05) is 13.2 Å². The van der Waals surface area contributed by atoms with Crippen LogP contribution in [-0.2, 0) is 6.42 Å². The van der Waals surface area contributed by atoms with E-state index in [9.17, 15) is 0 Å². The molecule has 1 N–H and O–H groups in total. The zero-order chi connectivity index (χ0) is 11.2. The van der Waals surface area contributed by atoms with Crippen LogP contribution in [0.1, 0.15) is 31.7 Å². The van der Waals surface area contributed by atoms with E-state index in [2.05, 4.69) is 36.5 Å². The molecule has 0 amide bonds. The fourth-order valence-electron chi connectivity index (χ4n) is 2.16. The van der Waals surface area contributed by atoms with Crippen molar-refractivity contribution < 1.29 is 4.74 Å². The first kappa shape index (κ1) is 11.5. The van der Waals surface area contributed by atoms with Crippen molar-refractivity contribution in [1.82, 2.24) is 5.32 Å². The monoisotopic (exact) mass is 219 g/mol. The summed E-state index contributed by atoms with van der Waals surface area (Å²) in [6, 6.07) is 9.22. The number of nitrogens with one attached hydrogen (secondary N) is 1. The number of hydrogen-bond donors (Lipinski definition) is 1. The molecular formula is C14H21NO. The summed E-state index contributed by atoms with van der Waals surface area (Å²) in [4.78, 5) is 0. The Morgan fingerprint density at radius 3 is 2.75 bits per heavy atom. The molecule has 1 aromatic rings. The van der Waals surface area contributed by atoms with Gasteiger partial charge in [-0.25, -0.2) is 0 Å². The first-order valence-corrected chi connectivity index (χ1v) is 6.33. The predicted octanol–water partition coefficient (Wildman–Crippen LogP) is 2.77. The standard InChI is InChI=1S/C14H21NO/c1-2-10-16-14-7-5-12(6-8-14)11-13-4-3-9-15-13/h5-8,13,15H,2-4,9-11H2,1H3. The molecule has 1 unspecified atom stereocenters. The molecule has 1 heterocycles. The van der Waals surface area contributed by atoms with Crippen LogP contribution in [0.3, 0.4) is 0 Å². The lowest BCUT2D eigenvalue weighted by molar-refractivity contribution is 0.317. The Balaban J connectivity index is 1.86. The van der Waals surface area contributed by atoms with Crippen LogP contribution < -0.4 is 10.1 Å². The van der Waals surface area contributed by atoms with Crippen molar-refractivity contribution in [3.63, 3.8) is 0 Å². The van der Waals surface area contributed by atoms with E-state index in [-0.39, 0.29) is 0 Å². The van der Waals surface area contributed by atoms with Gasteiger partial charge in [0.2, 0.25) is 0 Å². The predicted molar refractivity (Wildman–Crippen MR) is 67.0 cm³/mol. The maximum atomic E-state index is 5.56. The summed E-state index contributed by atoms with van der Waals surface area (Å²) in [6.45, 7) is 4.12. The van der Waals surface area contributed by atoms with Gasteiger partial charge in [-0.15, -0.1) is 0 Å². The van der Waals surface area contributed by atoms with Crippen molar-refractivity contribution in [2.45, 2.75) is 38.6 Å². The van der Waals surface area contributed by atoms with Crippen molar-refractivity contribution >= 4 is 0 Å². The first-order valence-electron chi connectivity index (χ1n) is 6.33. The normalized spacial score (nSPS) is 19.9. The molecule has 2 heteroatoms. The Hall–Kier alpha value is -1.02. The van der Waals surface area contributed by atoms with Gasteiger partial charge in [0.15, 0.2) is 0 Å². The average molecular weight is 219 g/mol. The Morgan fingerprint density at radius 1 is 1.31 bits per heavy atom. The zero-order valence-electron chi connectivity index (χ0n) is 10.0. The highest BCUT2D eigenvalue weighted by Gasteiger charge is 2.13. The lowest BCUT2D eigenvalue weighted by Gasteiger charge is -2.10. The van der Waals surface area contributed by atoms with Crippen molar-refractivity contribution in [1.29, 1.82) is 0 Å². The van der Waals surface area contributed by atoms with Crippen LogP contribution in [-0.4, -0.2) is 19.2 Å². The Kier molecular flexibility index (Phi) is 4.23. The second-order valence-electron chi connectivity index (χ2n) is 4.49. The highest BCUT2D eigenvalue weighted by atomic mass is 16.5. The minimum atomic E-state index is 0.683. The van der Waals surface area contributed by atoms with E-state index in [1.54, 1.807) is 0 Å². The topological polar surface area (TPSA) is 21.3 Å². The fraction of sp³-hybridized carbons (Fsp3) is 0.571. The number of rotatable bonds is 5. The molecule has 1 fully saturated rings. The van der Waals surface area contributed by atoms with Crippen LogP contribution in [0, 0.1) is 0 Å². The molecule has 0 radical (unpaired) electrons. The summed E-state index contributed by atoms with van der Waals surface area (Å²) in [5, 5.41) is 3.52. The molecule has 2 nitrogen and oxygen atoms in total. The van der Waals surface area contributed by atoms with Gasteiger partial charge in [-0.05, 0) is 49.9 Å². The molecule has 0 spiro atoms. The number of benzene rings is 1. The lowest BCUT2D eigenvalue weighted by atomic mass is 10.0. The molecule has 0 aromatic heterocycles. The third-order valence-corrected chi connectivity index (χ3v) is 3.04. The average Bonchev–Trinajstić information content (AvgIpc) is 2.81. The largest absolute Gasteiger partial charge is 0.494 e. The minimum Gasteiger partial charge on any atom is -0.494 e. The second-order valence-corrected chi connectivity index (χ2v) is 4.49. The van der Waals surface area contributed by atoms with E-state index in [4.69, 9.17) is 4.74 Å². The van der Waals surface area contributed by atoms with Gasteiger partial charge >= 0.3 is 0 Å². The number of hydrogen-bond acceptors (Lipinski definition) is 2. The maximum absolute atomic E-state index is 5.56. The quantitative estimate of drug-likeness (QED) is 0.822. The molecule has 1 aromatic carbocycles. The molecule has 1 aliphatic rings. The molecule has 16 heavy (non-hydrogen) atoms. The van der Waals surface area contributed by atoms with Gasteiger partial charge in [0.25, 0.3) is 0 Å². The van der Waals surface area contributed by atoms with Gasteiger partial charge in [-0.3, -0.25) is 0 Å². The van der Waals surface area contributed by atoms with Crippen LogP contribution in [0.15, 0.2) is 24.3 Å². The Morgan fingerprint density at radius 2 is 2.12 bits per heavy atom. The van der Waals surface area contributed by atoms with Gasteiger partial charge < -0.3 is 10.1 Å². The summed E-state index contributed by atoms with van der Waals surface area (Å²) >= 11 is 0.